The van der Waals surface area contributed by atoms with E-state index in [0.717, 1.165) is 38.1 Å². The maximum Gasteiger partial charge on any atom is 0.260 e. The topological polar surface area (TPSA) is 48.0 Å². The monoisotopic (exact) mass is 305 g/mol. The van der Waals surface area contributed by atoms with E-state index in [1.165, 1.54) is 0 Å². The van der Waals surface area contributed by atoms with Gasteiger partial charge in [-0.2, -0.15) is 0 Å². The molecule has 0 unspecified atom stereocenters. The first-order valence-electron chi connectivity index (χ1n) is 7.83. The van der Waals surface area contributed by atoms with Gasteiger partial charge in [0.05, 0.1) is 18.3 Å². The van der Waals surface area contributed by atoms with Gasteiger partial charge >= 0.3 is 0 Å². The summed E-state index contributed by atoms with van der Waals surface area (Å²) in [6.45, 7) is 2.22. The normalized spacial score (nSPS) is 23.7. The Bertz CT molecular complexity index is 497. The minimum Gasteiger partial charge on any atom is -0.484 e. The van der Waals surface area contributed by atoms with E-state index in [1.54, 1.807) is 7.11 Å². The number of nitrogens with zero attached hydrogens (tertiary/aromatic N) is 1. The van der Waals surface area contributed by atoms with Crippen molar-refractivity contribution in [2.75, 3.05) is 33.4 Å². The number of piperidine rings is 1. The summed E-state index contributed by atoms with van der Waals surface area (Å²) in [7, 11) is 1.73. The Balaban J connectivity index is 1.46. The molecule has 1 aromatic carbocycles. The molecular weight excluding hydrogens is 282 g/mol. The maximum absolute atomic E-state index is 12.2. The van der Waals surface area contributed by atoms with Crippen LogP contribution in [-0.4, -0.2) is 55.9 Å². The van der Waals surface area contributed by atoms with Crippen molar-refractivity contribution in [3.8, 4) is 5.75 Å². The second-order valence-corrected chi connectivity index (χ2v) is 6.04. The Kier molecular flexibility index (Phi) is 4.64. The van der Waals surface area contributed by atoms with Crippen LogP contribution in [-0.2, 0) is 14.3 Å². The van der Waals surface area contributed by atoms with Crippen LogP contribution in [0.15, 0.2) is 30.3 Å². The first-order valence-corrected chi connectivity index (χ1v) is 7.83. The van der Waals surface area contributed by atoms with Crippen LogP contribution in [0.1, 0.15) is 19.3 Å². The van der Waals surface area contributed by atoms with Crippen molar-refractivity contribution in [1.29, 1.82) is 0 Å². The fraction of sp³-hybridized carbons (Fsp3) is 0.588. The molecule has 2 heterocycles. The van der Waals surface area contributed by atoms with Crippen molar-refractivity contribution in [3.05, 3.63) is 30.3 Å². The van der Waals surface area contributed by atoms with E-state index >= 15 is 0 Å². The summed E-state index contributed by atoms with van der Waals surface area (Å²) in [5, 5.41) is 0. The molecule has 2 aliphatic rings. The fourth-order valence-electron chi connectivity index (χ4n) is 3.22. The zero-order valence-electron chi connectivity index (χ0n) is 13.0. The molecule has 3 rings (SSSR count). The number of ether oxygens (including phenoxy) is 3. The molecule has 1 spiro atoms. The average Bonchev–Trinajstić information content (AvgIpc) is 2.97. The quantitative estimate of drug-likeness (QED) is 0.852. The Morgan fingerprint density at radius 2 is 2.05 bits per heavy atom. The van der Waals surface area contributed by atoms with Gasteiger partial charge in [0.1, 0.15) is 5.75 Å². The van der Waals surface area contributed by atoms with Crippen molar-refractivity contribution in [1.82, 2.24) is 4.90 Å². The predicted octanol–water partition coefficient (Wildman–Crippen LogP) is 1.86. The number of hydrogen-bond acceptors (Lipinski definition) is 4. The zero-order valence-corrected chi connectivity index (χ0v) is 13.0. The number of rotatable bonds is 4. The van der Waals surface area contributed by atoms with Gasteiger partial charge in [0.2, 0.25) is 0 Å². The summed E-state index contributed by atoms with van der Waals surface area (Å²) in [5.74, 6) is 0.770. The molecule has 120 valence electrons. The van der Waals surface area contributed by atoms with Crippen LogP contribution in [0.2, 0.25) is 0 Å². The van der Waals surface area contributed by atoms with Crippen LogP contribution < -0.4 is 4.74 Å². The maximum atomic E-state index is 12.2. The number of amides is 1. The SMILES string of the molecule is CO[C@@H]1COC2(CCN(C(=O)COc3ccccc3)CC2)C1. The fourth-order valence-corrected chi connectivity index (χ4v) is 3.22. The number of methoxy groups -OCH3 is 1. The summed E-state index contributed by atoms with van der Waals surface area (Å²) in [6.07, 6.45) is 2.89. The molecule has 0 bridgehead atoms. The Morgan fingerprint density at radius 1 is 1.32 bits per heavy atom. The van der Waals surface area contributed by atoms with Gasteiger partial charge in [-0.25, -0.2) is 0 Å². The van der Waals surface area contributed by atoms with Gasteiger partial charge in [0, 0.05) is 26.6 Å². The number of likely N-dealkylation sites (tertiary alicyclic amines) is 1. The van der Waals surface area contributed by atoms with E-state index in [1.807, 2.05) is 35.2 Å². The van der Waals surface area contributed by atoms with E-state index in [-0.39, 0.29) is 24.2 Å². The van der Waals surface area contributed by atoms with Crippen LogP contribution >= 0.6 is 0 Å². The minimum atomic E-state index is -0.0856. The molecule has 0 N–H and O–H groups in total. The molecule has 1 aromatic rings. The second kappa shape index (κ2) is 6.67. The van der Waals surface area contributed by atoms with Gasteiger partial charge in [-0.15, -0.1) is 0 Å². The second-order valence-electron chi connectivity index (χ2n) is 6.04. The van der Waals surface area contributed by atoms with Crippen molar-refractivity contribution in [3.63, 3.8) is 0 Å². The zero-order chi connectivity index (χ0) is 15.4. The van der Waals surface area contributed by atoms with Gasteiger partial charge in [0.15, 0.2) is 6.61 Å². The van der Waals surface area contributed by atoms with Crippen LogP contribution in [0.25, 0.3) is 0 Å². The molecule has 0 saturated carbocycles. The third-order valence-corrected chi connectivity index (χ3v) is 4.64. The summed E-state index contributed by atoms with van der Waals surface area (Å²) >= 11 is 0. The number of benzene rings is 1. The lowest BCUT2D eigenvalue weighted by Crippen LogP contribution is -2.47. The molecule has 1 atom stereocenters. The van der Waals surface area contributed by atoms with Crippen molar-refractivity contribution < 1.29 is 19.0 Å². The lowest BCUT2D eigenvalue weighted by Gasteiger charge is -2.38. The largest absolute Gasteiger partial charge is 0.484 e. The van der Waals surface area contributed by atoms with E-state index in [2.05, 4.69) is 0 Å². The Hall–Kier alpha value is -1.59. The highest BCUT2D eigenvalue weighted by Crippen LogP contribution is 2.36. The molecule has 0 radical (unpaired) electrons. The first kappa shape index (κ1) is 15.3. The molecule has 0 aliphatic carbocycles. The minimum absolute atomic E-state index is 0.0417. The highest BCUT2D eigenvalue weighted by molar-refractivity contribution is 5.77. The van der Waals surface area contributed by atoms with Crippen molar-refractivity contribution in [2.45, 2.75) is 31.0 Å². The van der Waals surface area contributed by atoms with Gasteiger partial charge in [-0.3, -0.25) is 4.79 Å². The highest BCUT2D eigenvalue weighted by atomic mass is 16.6. The molecule has 0 aromatic heterocycles. The number of para-hydroxylation sites is 1. The van der Waals surface area contributed by atoms with E-state index < -0.39 is 0 Å². The van der Waals surface area contributed by atoms with Crippen molar-refractivity contribution in [2.24, 2.45) is 0 Å². The van der Waals surface area contributed by atoms with Crippen LogP contribution in [0.4, 0.5) is 0 Å². The van der Waals surface area contributed by atoms with E-state index in [0.29, 0.717) is 6.61 Å². The number of hydrogen-bond donors (Lipinski definition) is 0. The molecular formula is C17H23NO4. The summed E-state index contributed by atoms with van der Waals surface area (Å²) < 4.78 is 16.9. The highest BCUT2D eigenvalue weighted by Gasteiger charge is 2.43. The lowest BCUT2D eigenvalue weighted by atomic mass is 9.88. The Labute approximate surface area is 131 Å². The molecule has 5 heteroatoms. The van der Waals surface area contributed by atoms with Crippen LogP contribution in [0.5, 0.6) is 5.75 Å². The third kappa shape index (κ3) is 3.42. The molecule has 22 heavy (non-hydrogen) atoms. The number of carbonyl (C=O) groups excluding carboxylic acids is 1. The Morgan fingerprint density at radius 3 is 2.68 bits per heavy atom. The van der Waals surface area contributed by atoms with Gasteiger partial charge in [-0.05, 0) is 25.0 Å². The molecule has 1 amide bonds. The van der Waals surface area contributed by atoms with E-state index in [4.69, 9.17) is 14.2 Å². The van der Waals surface area contributed by atoms with Crippen molar-refractivity contribution >= 4 is 5.91 Å². The molecule has 5 nitrogen and oxygen atoms in total. The lowest BCUT2D eigenvalue weighted by molar-refractivity contribution is -0.138. The molecule has 2 saturated heterocycles. The van der Waals surface area contributed by atoms with Gasteiger partial charge in [-0.1, -0.05) is 18.2 Å². The standard InChI is InChI=1S/C17H23NO4/c1-20-15-11-17(22-12-15)7-9-18(10-8-17)16(19)13-21-14-5-3-2-4-6-14/h2-6,15H,7-13H2,1H3/t15-/m0/s1. The van der Waals surface area contributed by atoms with Gasteiger partial charge in [0.25, 0.3) is 5.91 Å². The molecule has 2 fully saturated rings. The van der Waals surface area contributed by atoms with Crippen LogP contribution in [0, 0.1) is 0 Å². The summed E-state index contributed by atoms with van der Waals surface area (Å²) in [4.78, 5) is 14.1. The molecule has 2 aliphatic heterocycles. The third-order valence-electron chi connectivity index (χ3n) is 4.64. The summed E-state index contributed by atoms with van der Waals surface area (Å²) in [6, 6.07) is 9.43. The van der Waals surface area contributed by atoms with E-state index in [9.17, 15) is 4.79 Å². The van der Waals surface area contributed by atoms with Crippen LogP contribution in [0.3, 0.4) is 0 Å². The summed E-state index contributed by atoms with van der Waals surface area (Å²) in [5.41, 5.74) is -0.0856. The average molecular weight is 305 g/mol. The number of carbonyl (C=O) groups is 1. The predicted molar refractivity (Wildman–Crippen MR) is 81.8 cm³/mol. The smallest absolute Gasteiger partial charge is 0.260 e. The first-order chi connectivity index (χ1) is 10.7. The van der Waals surface area contributed by atoms with Gasteiger partial charge < -0.3 is 19.1 Å².